The lowest BCUT2D eigenvalue weighted by Gasteiger charge is -2.31. The molecule has 4 rings (SSSR count). The van der Waals surface area contributed by atoms with E-state index in [0.717, 1.165) is 24.1 Å². The van der Waals surface area contributed by atoms with Gasteiger partial charge in [-0.2, -0.15) is 10.2 Å². The normalized spacial score (nSPS) is 15.0. The van der Waals surface area contributed by atoms with Gasteiger partial charge in [-0.05, 0) is 49.2 Å². The molecule has 2 aromatic heterocycles. The van der Waals surface area contributed by atoms with Crippen LogP contribution in [0.25, 0.3) is 11.3 Å². The third-order valence-corrected chi connectivity index (χ3v) is 5.02. The first-order chi connectivity index (χ1) is 13.5. The van der Waals surface area contributed by atoms with Crippen molar-refractivity contribution < 1.29 is 14.0 Å². The van der Waals surface area contributed by atoms with Gasteiger partial charge in [0.1, 0.15) is 17.2 Å². The molecule has 0 saturated carbocycles. The number of hydrogen-bond donors (Lipinski definition) is 3. The van der Waals surface area contributed by atoms with Gasteiger partial charge >= 0.3 is 0 Å². The van der Waals surface area contributed by atoms with Crippen LogP contribution in [-0.2, 0) is 0 Å². The van der Waals surface area contributed by atoms with E-state index in [1.807, 2.05) is 0 Å². The zero-order valence-corrected chi connectivity index (χ0v) is 15.0. The van der Waals surface area contributed by atoms with Crippen LogP contribution in [0.4, 0.5) is 4.39 Å². The summed E-state index contributed by atoms with van der Waals surface area (Å²) in [6.45, 7) is 1.17. The number of amides is 2. The van der Waals surface area contributed by atoms with Gasteiger partial charge in [-0.3, -0.25) is 19.8 Å². The first-order valence-corrected chi connectivity index (χ1v) is 8.97. The Morgan fingerprint density at radius 2 is 1.79 bits per heavy atom. The molecule has 3 heterocycles. The van der Waals surface area contributed by atoms with E-state index in [4.69, 9.17) is 5.73 Å². The Balaban J connectivity index is 1.40. The van der Waals surface area contributed by atoms with Crippen LogP contribution in [0.1, 0.15) is 45.4 Å². The predicted molar refractivity (Wildman–Crippen MR) is 99.0 cm³/mol. The highest BCUT2D eigenvalue weighted by atomic mass is 19.1. The maximum Gasteiger partial charge on any atom is 0.271 e. The number of benzene rings is 1. The van der Waals surface area contributed by atoms with Crippen molar-refractivity contribution in [3.05, 3.63) is 59.3 Å². The Labute approximate surface area is 159 Å². The summed E-state index contributed by atoms with van der Waals surface area (Å²) < 4.78 is 13.1. The van der Waals surface area contributed by atoms with Crippen LogP contribution in [0.5, 0.6) is 0 Å². The molecule has 28 heavy (non-hydrogen) atoms. The summed E-state index contributed by atoms with van der Waals surface area (Å²) in [6, 6.07) is 9.31. The second-order valence-electron chi connectivity index (χ2n) is 6.81. The molecule has 1 fully saturated rings. The molecule has 0 bridgehead atoms. The Hall–Kier alpha value is -3.49. The van der Waals surface area contributed by atoms with E-state index in [0.29, 0.717) is 24.5 Å². The molecule has 1 aromatic carbocycles. The molecular weight excluding hydrogens is 363 g/mol. The fourth-order valence-electron chi connectivity index (χ4n) is 3.44. The van der Waals surface area contributed by atoms with Gasteiger partial charge < -0.3 is 10.6 Å². The molecule has 0 spiro atoms. The van der Waals surface area contributed by atoms with E-state index in [-0.39, 0.29) is 23.3 Å². The van der Waals surface area contributed by atoms with Crippen LogP contribution >= 0.6 is 0 Å². The zero-order chi connectivity index (χ0) is 19.7. The second-order valence-corrected chi connectivity index (χ2v) is 6.81. The molecule has 144 valence electrons. The standard InChI is InChI=1S/C19H19FN6O2/c20-13-3-1-11(2-4-13)15-10-17(25-23-15)19(28)26-7-5-12(6-8-26)14-9-16(18(21)27)24-22-14/h1-4,9-10,12H,5-8H2,(H2,21,27)(H,22,24)(H,23,25). The maximum atomic E-state index is 13.1. The summed E-state index contributed by atoms with van der Waals surface area (Å²) in [5, 5.41) is 13.7. The maximum absolute atomic E-state index is 13.1. The highest BCUT2D eigenvalue weighted by Gasteiger charge is 2.27. The van der Waals surface area contributed by atoms with Crippen LogP contribution in [0, 0.1) is 5.82 Å². The molecule has 4 N–H and O–H groups in total. The van der Waals surface area contributed by atoms with Crippen molar-refractivity contribution in [1.29, 1.82) is 0 Å². The minimum atomic E-state index is -0.564. The number of primary amides is 1. The average molecular weight is 382 g/mol. The number of nitrogens with two attached hydrogens (primary N) is 1. The van der Waals surface area contributed by atoms with Crippen molar-refractivity contribution >= 4 is 11.8 Å². The van der Waals surface area contributed by atoms with Crippen molar-refractivity contribution in [2.75, 3.05) is 13.1 Å². The molecule has 0 aliphatic carbocycles. The van der Waals surface area contributed by atoms with Gasteiger partial charge in [-0.1, -0.05) is 0 Å². The topological polar surface area (TPSA) is 121 Å². The fourth-order valence-corrected chi connectivity index (χ4v) is 3.44. The number of carbonyl (C=O) groups is 2. The molecule has 0 radical (unpaired) electrons. The fraction of sp³-hybridized carbons (Fsp3) is 0.263. The van der Waals surface area contributed by atoms with E-state index in [9.17, 15) is 14.0 Å². The Morgan fingerprint density at radius 1 is 1.07 bits per heavy atom. The number of halogens is 1. The van der Waals surface area contributed by atoms with Crippen LogP contribution in [0.15, 0.2) is 36.4 Å². The van der Waals surface area contributed by atoms with Crippen molar-refractivity contribution in [2.45, 2.75) is 18.8 Å². The average Bonchev–Trinajstić information content (AvgIpc) is 3.38. The van der Waals surface area contributed by atoms with Crippen LogP contribution in [0.3, 0.4) is 0 Å². The van der Waals surface area contributed by atoms with Gasteiger partial charge in [0.2, 0.25) is 0 Å². The summed E-state index contributed by atoms with van der Waals surface area (Å²) in [6.07, 6.45) is 1.51. The Bertz CT molecular complexity index is 1000. The summed E-state index contributed by atoms with van der Waals surface area (Å²) in [5.74, 6) is -0.812. The SMILES string of the molecule is NC(=O)c1cc(C2CCN(C(=O)c3cc(-c4ccc(F)cc4)n[nH]3)CC2)[nH]n1. The largest absolute Gasteiger partial charge is 0.364 e. The molecule has 1 aliphatic heterocycles. The minimum absolute atomic E-state index is 0.123. The Kier molecular flexibility index (Phi) is 4.64. The molecule has 0 unspecified atom stereocenters. The minimum Gasteiger partial charge on any atom is -0.364 e. The molecule has 1 aliphatic rings. The van der Waals surface area contributed by atoms with Gasteiger partial charge in [0.05, 0.1) is 5.69 Å². The quantitative estimate of drug-likeness (QED) is 0.639. The van der Waals surface area contributed by atoms with E-state index < -0.39 is 5.91 Å². The van der Waals surface area contributed by atoms with Gasteiger partial charge in [-0.15, -0.1) is 0 Å². The molecule has 0 atom stereocenters. The number of nitrogens with one attached hydrogen (secondary N) is 2. The summed E-state index contributed by atoms with van der Waals surface area (Å²) in [5.41, 5.74) is 8.04. The second kappa shape index (κ2) is 7.26. The first-order valence-electron chi connectivity index (χ1n) is 8.97. The van der Waals surface area contributed by atoms with Crippen molar-refractivity contribution in [3.8, 4) is 11.3 Å². The van der Waals surface area contributed by atoms with Crippen molar-refractivity contribution in [2.24, 2.45) is 5.73 Å². The highest BCUT2D eigenvalue weighted by molar-refractivity contribution is 5.93. The number of likely N-dealkylation sites (tertiary alicyclic amines) is 1. The van der Waals surface area contributed by atoms with Crippen LogP contribution < -0.4 is 5.73 Å². The third-order valence-electron chi connectivity index (χ3n) is 5.02. The Morgan fingerprint density at radius 3 is 2.43 bits per heavy atom. The van der Waals surface area contributed by atoms with Crippen LogP contribution in [-0.4, -0.2) is 50.2 Å². The van der Waals surface area contributed by atoms with Gasteiger partial charge in [0.25, 0.3) is 11.8 Å². The van der Waals surface area contributed by atoms with Crippen molar-refractivity contribution in [1.82, 2.24) is 25.3 Å². The number of rotatable bonds is 4. The molecule has 8 nitrogen and oxygen atoms in total. The molecule has 1 saturated heterocycles. The molecular formula is C19H19FN6O2. The number of nitrogens with zero attached hydrogens (tertiary/aromatic N) is 3. The lowest BCUT2D eigenvalue weighted by Crippen LogP contribution is -2.38. The summed E-state index contributed by atoms with van der Waals surface area (Å²) >= 11 is 0. The lowest BCUT2D eigenvalue weighted by molar-refractivity contribution is 0.0706. The smallest absolute Gasteiger partial charge is 0.271 e. The van der Waals surface area contributed by atoms with E-state index in [1.54, 1.807) is 29.2 Å². The number of carbonyl (C=O) groups excluding carboxylic acids is 2. The molecule has 9 heteroatoms. The summed E-state index contributed by atoms with van der Waals surface area (Å²) in [7, 11) is 0. The van der Waals surface area contributed by atoms with Gasteiger partial charge in [0, 0.05) is 30.3 Å². The number of aromatic amines is 2. The van der Waals surface area contributed by atoms with Gasteiger partial charge in [0.15, 0.2) is 0 Å². The van der Waals surface area contributed by atoms with Crippen LogP contribution in [0.2, 0.25) is 0 Å². The van der Waals surface area contributed by atoms with E-state index >= 15 is 0 Å². The first kappa shape index (κ1) is 17.9. The number of hydrogen-bond acceptors (Lipinski definition) is 4. The molecule has 2 amide bonds. The van der Waals surface area contributed by atoms with E-state index in [1.165, 1.54) is 12.1 Å². The highest BCUT2D eigenvalue weighted by Crippen LogP contribution is 2.28. The zero-order valence-electron chi connectivity index (χ0n) is 15.0. The summed E-state index contributed by atoms with van der Waals surface area (Å²) in [4.78, 5) is 25.7. The van der Waals surface area contributed by atoms with Crippen molar-refractivity contribution in [3.63, 3.8) is 0 Å². The van der Waals surface area contributed by atoms with Gasteiger partial charge in [-0.25, -0.2) is 4.39 Å². The number of piperidine rings is 1. The third kappa shape index (κ3) is 3.51. The molecule has 3 aromatic rings. The monoisotopic (exact) mass is 382 g/mol. The predicted octanol–water partition coefficient (Wildman–Crippen LogP) is 2.06. The lowest BCUT2D eigenvalue weighted by atomic mass is 9.93. The number of H-pyrrole nitrogens is 2. The van der Waals surface area contributed by atoms with E-state index in [2.05, 4.69) is 20.4 Å². The number of aromatic nitrogens is 4.